The molecular weight excluding hydrogens is 551 g/mol. The number of esters is 1. The minimum Gasteiger partial charge on any atom is -0.461 e. The van der Waals surface area contributed by atoms with Crippen molar-refractivity contribution in [2.75, 3.05) is 6.61 Å². The molecule has 44 heavy (non-hydrogen) atoms. The van der Waals surface area contributed by atoms with E-state index in [0.717, 1.165) is 33.5 Å². The van der Waals surface area contributed by atoms with Crippen molar-refractivity contribution >= 4 is 5.97 Å². The second-order valence-electron chi connectivity index (χ2n) is 10.7. The Morgan fingerprint density at radius 1 is 0.750 bits per heavy atom. The fraction of sp³-hybridized carbons (Fsp3) is 0.135. The van der Waals surface area contributed by atoms with Crippen LogP contribution in [0.2, 0.25) is 0 Å². The average molecular weight is 581 g/mol. The van der Waals surface area contributed by atoms with Crippen molar-refractivity contribution < 1.29 is 13.9 Å². The van der Waals surface area contributed by atoms with Crippen LogP contribution in [0.1, 0.15) is 50.9 Å². The van der Waals surface area contributed by atoms with Crippen LogP contribution < -0.4 is 0 Å². The lowest BCUT2D eigenvalue weighted by Gasteiger charge is -2.38. The molecule has 0 fully saturated rings. The molecule has 7 rings (SSSR count). The van der Waals surface area contributed by atoms with Crippen molar-refractivity contribution in [2.24, 2.45) is 0 Å². The van der Waals surface area contributed by atoms with Crippen molar-refractivity contribution in [2.45, 2.75) is 25.2 Å². The number of aromatic amines is 1. The number of aromatic nitrogens is 4. The number of benzene rings is 4. The number of H-pyrrole nitrogens is 1. The summed E-state index contributed by atoms with van der Waals surface area (Å²) in [4.78, 5) is 23.3. The molecule has 216 valence electrons. The van der Waals surface area contributed by atoms with E-state index in [1.54, 1.807) is 19.1 Å². The highest BCUT2D eigenvalue weighted by Gasteiger charge is 2.44. The molecule has 0 saturated heterocycles. The number of hydrogen-bond acceptors (Lipinski definition) is 5. The van der Waals surface area contributed by atoms with Gasteiger partial charge < -0.3 is 4.74 Å². The largest absolute Gasteiger partial charge is 0.461 e. The molecule has 1 N–H and O–H groups in total. The van der Waals surface area contributed by atoms with Crippen molar-refractivity contribution in [1.29, 1.82) is 0 Å². The first kappa shape index (κ1) is 27.4. The molecule has 0 bridgehead atoms. The topological polar surface area (TPSA) is 80.8 Å². The van der Waals surface area contributed by atoms with Gasteiger partial charge in [-0.15, -0.1) is 0 Å². The van der Waals surface area contributed by atoms with Crippen LogP contribution in [0.15, 0.2) is 115 Å². The molecular formula is C37H29FN4O2. The van der Waals surface area contributed by atoms with Crippen LogP contribution in [0.25, 0.3) is 22.8 Å². The number of halogens is 1. The molecule has 0 aliphatic heterocycles. The number of ether oxygens (including phenoxy) is 1. The number of nitrogens with one attached hydrogen (secondary N) is 1. The number of fused-ring (bicyclic) bond motifs is 3. The maximum atomic E-state index is 14.0. The molecule has 0 amide bonds. The van der Waals surface area contributed by atoms with E-state index in [-0.39, 0.29) is 12.4 Å². The molecule has 2 aromatic heterocycles. The molecule has 7 heteroatoms. The van der Waals surface area contributed by atoms with Gasteiger partial charge in [0.1, 0.15) is 17.2 Å². The third kappa shape index (κ3) is 4.48. The molecule has 1 aliphatic rings. The van der Waals surface area contributed by atoms with Crippen LogP contribution in [0.3, 0.4) is 0 Å². The Morgan fingerprint density at radius 3 is 1.84 bits per heavy atom. The van der Waals surface area contributed by atoms with Crippen LogP contribution in [-0.4, -0.2) is 32.7 Å². The molecule has 2 heterocycles. The third-order valence-corrected chi connectivity index (χ3v) is 8.28. The Bertz CT molecular complexity index is 1840. The van der Waals surface area contributed by atoms with Gasteiger partial charge in [0.05, 0.1) is 23.4 Å². The molecule has 0 unspecified atom stereocenters. The van der Waals surface area contributed by atoms with Gasteiger partial charge in [-0.1, -0.05) is 91.0 Å². The van der Waals surface area contributed by atoms with Crippen molar-refractivity contribution in [3.63, 3.8) is 0 Å². The standard InChI is InChI=1S/C37H29FN4O2/c1-2-44-36(43)33-29-22-23-30-31(32(29)41-42-33)39-35(24-18-20-28(38)21-19-24)40-34(30)37(25-12-6-3-7-13-25,26-14-8-4-9-15-26)27-16-10-5-11-17-27/h3-21H,2,22-23H2,1H3,(H,41,42). The van der Waals surface area contributed by atoms with Crippen LogP contribution in [-0.2, 0) is 23.0 Å². The van der Waals surface area contributed by atoms with E-state index >= 15 is 0 Å². The predicted octanol–water partition coefficient (Wildman–Crippen LogP) is 7.33. The molecule has 0 spiro atoms. The van der Waals surface area contributed by atoms with E-state index in [9.17, 15) is 9.18 Å². The lowest BCUT2D eigenvalue weighted by molar-refractivity contribution is 0.0518. The van der Waals surface area contributed by atoms with Gasteiger partial charge in [-0.25, -0.2) is 19.2 Å². The number of nitrogens with zero attached hydrogens (tertiary/aromatic N) is 3. The molecule has 0 radical (unpaired) electrons. The van der Waals surface area contributed by atoms with Crippen molar-refractivity contribution in [1.82, 2.24) is 20.2 Å². The van der Waals surface area contributed by atoms with E-state index in [0.29, 0.717) is 41.3 Å². The van der Waals surface area contributed by atoms with E-state index in [4.69, 9.17) is 14.7 Å². The van der Waals surface area contributed by atoms with E-state index in [2.05, 4.69) is 46.6 Å². The van der Waals surface area contributed by atoms with Crippen LogP contribution >= 0.6 is 0 Å². The highest BCUT2D eigenvalue weighted by atomic mass is 19.1. The molecule has 1 aliphatic carbocycles. The summed E-state index contributed by atoms with van der Waals surface area (Å²) in [6.07, 6.45) is 1.15. The fourth-order valence-electron chi connectivity index (χ4n) is 6.36. The summed E-state index contributed by atoms with van der Waals surface area (Å²) in [5.74, 6) is -0.336. The normalized spacial score (nSPS) is 12.3. The molecule has 6 nitrogen and oxygen atoms in total. The maximum absolute atomic E-state index is 14.0. The summed E-state index contributed by atoms with van der Waals surface area (Å²) in [5.41, 5.74) is 7.11. The molecule has 0 saturated carbocycles. The van der Waals surface area contributed by atoms with Gasteiger partial charge in [0, 0.05) is 16.7 Å². The summed E-state index contributed by atoms with van der Waals surface area (Å²) < 4.78 is 19.4. The lowest BCUT2D eigenvalue weighted by atomic mass is 9.65. The van der Waals surface area contributed by atoms with Gasteiger partial charge in [-0.2, -0.15) is 5.10 Å². The predicted molar refractivity (Wildman–Crippen MR) is 167 cm³/mol. The zero-order chi connectivity index (χ0) is 30.1. The van der Waals surface area contributed by atoms with Crippen LogP contribution in [0.5, 0.6) is 0 Å². The summed E-state index contributed by atoms with van der Waals surface area (Å²) in [6.45, 7) is 2.04. The fourth-order valence-corrected chi connectivity index (χ4v) is 6.36. The van der Waals surface area contributed by atoms with E-state index in [1.165, 1.54) is 12.1 Å². The highest BCUT2D eigenvalue weighted by Crippen LogP contribution is 2.48. The van der Waals surface area contributed by atoms with E-state index in [1.807, 2.05) is 54.6 Å². The Hall–Kier alpha value is -5.43. The minimum atomic E-state index is -0.830. The Kier molecular flexibility index (Phi) is 7.06. The number of carbonyl (C=O) groups is 1. The second-order valence-corrected chi connectivity index (χ2v) is 10.7. The first-order chi connectivity index (χ1) is 21.6. The summed E-state index contributed by atoms with van der Waals surface area (Å²) in [7, 11) is 0. The van der Waals surface area contributed by atoms with Gasteiger partial charge in [0.2, 0.25) is 0 Å². The van der Waals surface area contributed by atoms with Crippen molar-refractivity contribution in [3.8, 4) is 22.8 Å². The van der Waals surface area contributed by atoms with Gasteiger partial charge >= 0.3 is 5.97 Å². The maximum Gasteiger partial charge on any atom is 0.356 e. The Labute approximate surface area is 254 Å². The average Bonchev–Trinajstić information content (AvgIpc) is 3.52. The van der Waals surface area contributed by atoms with Gasteiger partial charge in [-0.3, -0.25) is 5.10 Å². The van der Waals surface area contributed by atoms with Crippen LogP contribution in [0, 0.1) is 5.82 Å². The first-order valence-electron chi connectivity index (χ1n) is 14.7. The van der Waals surface area contributed by atoms with Crippen LogP contribution in [0.4, 0.5) is 4.39 Å². The molecule has 0 atom stereocenters. The van der Waals surface area contributed by atoms with Crippen molar-refractivity contribution in [3.05, 3.63) is 160 Å². The number of carbonyl (C=O) groups excluding carboxylic acids is 1. The minimum absolute atomic E-state index is 0.262. The SMILES string of the molecule is CCOC(=O)c1[nH]nc2c1CCc1c-2nc(-c2ccc(F)cc2)nc1C(c1ccccc1)(c1ccccc1)c1ccccc1. The first-order valence-corrected chi connectivity index (χ1v) is 14.7. The highest BCUT2D eigenvalue weighted by molar-refractivity contribution is 5.92. The lowest BCUT2D eigenvalue weighted by Crippen LogP contribution is -2.34. The summed E-state index contributed by atoms with van der Waals surface area (Å²) in [6, 6.07) is 37.3. The number of rotatable bonds is 7. The zero-order valence-corrected chi connectivity index (χ0v) is 24.1. The second kappa shape index (κ2) is 11.3. The number of hydrogen-bond donors (Lipinski definition) is 1. The zero-order valence-electron chi connectivity index (χ0n) is 24.1. The Balaban J connectivity index is 1.61. The quantitative estimate of drug-likeness (QED) is 0.158. The Morgan fingerprint density at radius 2 is 1.30 bits per heavy atom. The smallest absolute Gasteiger partial charge is 0.356 e. The molecule has 6 aromatic rings. The van der Waals surface area contributed by atoms with E-state index < -0.39 is 11.4 Å². The van der Waals surface area contributed by atoms with Gasteiger partial charge in [-0.05, 0) is 60.7 Å². The van der Waals surface area contributed by atoms with Gasteiger partial charge in [0.15, 0.2) is 5.82 Å². The monoisotopic (exact) mass is 580 g/mol. The summed E-state index contributed by atoms with van der Waals surface area (Å²) in [5, 5.41) is 7.54. The summed E-state index contributed by atoms with van der Waals surface area (Å²) >= 11 is 0. The third-order valence-electron chi connectivity index (χ3n) is 8.28. The molecule has 4 aromatic carbocycles. The van der Waals surface area contributed by atoms with Gasteiger partial charge in [0.25, 0.3) is 0 Å².